The van der Waals surface area contributed by atoms with Gasteiger partial charge in [0.25, 0.3) is 5.89 Å². The van der Waals surface area contributed by atoms with E-state index in [4.69, 9.17) is 20.9 Å². The Bertz CT molecular complexity index is 1020. The molecule has 1 saturated heterocycles. The van der Waals surface area contributed by atoms with E-state index in [1.54, 1.807) is 24.1 Å². The van der Waals surface area contributed by atoms with Crippen LogP contribution in [0.2, 0.25) is 5.02 Å². The molecule has 0 spiro atoms. The Labute approximate surface area is 165 Å². The first-order chi connectivity index (χ1) is 13.5. The third-order valence-corrected chi connectivity index (χ3v) is 5.07. The molecule has 2 aromatic carbocycles. The number of ether oxygens (including phenoxy) is 1. The predicted molar refractivity (Wildman–Crippen MR) is 100 cm³/mol. The molecule has 6 nitrogen and oxygen atoms in total. The largest absolute Gasteiger partial charge is 0.497 e. The van der Waals surface area contributed by atoms with E-state index in [1.807, 2.05) is 18.2 Å². The minimum atomic E-state index is -0.406. The molecular formula is C20H17ClFN3O3. The Morgan fingerprint density at radius 1 is 1.32 bits per heavy atom. The number of carbonyl (C=O) groups is 1. The SMILES string of the molecule is COc1cccc(-c2nc(C3CC(=O)N(Cc4ccc(F)cc4Cl)C3)no2)c1. The fourth-order valence-corrected chi connectivity index (χ4v) is 3.45. The zero-order valence-corrected chi connectivity index (χ0v) is 15.8. The molecule has 1 fully saturated rings. The first-order valence-electron chi connectivity index (χ1n) is 8.73. The summed E-state index contributed by atoms with van der Waals surface area (Å²) in [6, 6.07) is 11.5. The minimum absolute atomic E-state index is 0.0295. The number of aromatic nitrogens is 2. The van der Waals surface area contributed by atoms with Crippen molar-refractivity contribution in [3.05, 3.63) is 64.7 Å². The number of hydrogen-bond acceptors (Lipinski definition) is 5. The number of methoxy groups -OCH3 is 1. The molecule has 1 aromatic heterocycles. The molecular weight excluding hydrogens is 385 g/mol. The number of rotatable bonds is 5. The molecule has 4 rings (SSSR count). The van der Waals surface area contributed by atoms with Crippen LogP contribution >= 0.6 is 11.6 Å². The first-order valence-corrected chi connectivity index (χ1v) is 9.11. The van der Waals surface area contributed by atoms with Gasteiger partial charge in [0.2, 0.25) is 5.91 Å². The smallest absolute Gasteiger partial charge is 0.258 e. The summed E-state index contributed by atoms with van der Waals surface area (Å²) in [5, 5.41) is 4.36. The van der Waals surface area contributed by atoms with Crippen LogP contribution in [0.3, 0.4) is 0 Å². The third-order valence-electron chi connectivity index (χ3n) is 4.71. The van der Waals surface area contributed by atoms with E-state index >= 15 is 0 Å². The van der Waals surface area contributed by atoms with Crippen LogP contribution in [-0.4, -0.2) is 34.6 Å². The van der Waals surface area contributed by atoms with Crippen molar-refractivity contribution >= 4 is 17.5 Å². The maximum absolute atomic E-state index is 13.2. The standard InChI is InChI=1S/C20H17ClFN3O3/c1-27-16-4-2-3-12(7-16)20-23-19(24-28-20)14-8-18(26)25(11-14)10-13-5-6-15(22)9-17(13)21/h2-7,9,14H,8,10-11H2,1H3. The van der Waals surface area contributed by atoms with Gasteiger partial charge in [0.1, 0.15) is 11.6 Å². The molecule has 8 heteroatoms. The molecule has 0 bridgehead atoms. The lowest BCUT2D eigenvalue weighted by Gasteiger charge is -2.17. The average molecular weight is 402 g/mol. The van der Waals surface area contributed by atoms with E-state index in [2.05, 4.69) is 10.1 Å². The van der Waals surface area contributed by atoms with E-state index in [0.29, 0.717) is 41.1 Å². The number of nitrogens with zero attached hydrogens (tertiary/aromatic N) is 3. The Hall–Kier alpha value is -2.93. The van der Waals surface area contributed by atoms with Gasteiger partial charge in [-0.05, 0) is 35.9 Å². The molecule has 0 N–H and O–H groups in total. The molecule has 0 radical (unpaired) electrons. The summed E-state index contributed by atoms with van der Waals surface area (Å²) in [5.41, 5.74) is 1.44. The van der Waals surface area contributed by atoms with Crippen molar-refractivity contribution in [2.45, 2.75) is 18.9 Å². The summed E-state index contributed by atoms with van der Waals surface area (Å²) in [7, 11) is 1.59. The van der Waals surface area contributed by atoms with Crippen molar-refractivity contribution in [1.82, 2.24) is 15.0 Å². The highest BCUT2D eigenvalue weighted by Gasteiger charge is 2.34. The highest BCUT2D eigenvalue weighted by Crippen LogP contribution is 2.31. The second-order valence-corrected chi connectivity index (χ2v) is 7.01. The molecule has 1 aliphatic heterocycles. The third kappa shape index (κ3) is 3.71. The summed E-state index contributed by atoms with van der Waals surface area (Å²) < 4.78 is 23.8. The summed E-state index contributed by atoms with van der Waals surface area (Å²) in [4.78, 5) is 18.5. The van der Waals surface area contributed by atoms with E-state index < -0.39 is 5.82 Å². The van der Waals surface area contributed by atoms with Gasteiger partial charge in [0, 0.05) is 36.0 Å². The van der Waals surface area contributed by atoms with Gasteiger partial charge in [0.05, 0.1) is 7.11 Å². The van der Waals surface area contributed by atoms with Crippen LogP contribution in [-0.2, 0) is 11.3 Å². The molecule has 144 valence electrons. The van der Waals surface area contributed by atoms with Crippen LogP contribution in [0.5, 0.6) is 5.75 Å². The molecule has 0 saturated carbocycles. The molecule has 0 aliphatic carbocycles. The van der Waals surface area contributed by atoms with Crippen molar-refractivity contribution in [2.75, 3.05) is 13.7 Å². The first kappa shape index (κ1) is 18.4. The fraction of sp³-hybridized carbons (Fsp3) is 0.250. The molecule has 2 heterocycles. The zero-order valence-electron chi connectivity index (χ0n) is 15.1. The van der Waals surface area contributed by atoms with E-state index in [1.165, 1.54) is 12.1 Å². The molecule has 1 unspecified atom stereocenters. The summed E-state index contributed by atoms with van der Waals surface area (Å²) in [6.45, 7) is 0.763. The van der Waals surface area contributed by atoms with Gasteiger partial charge in [-0.15, -0.1) is 0 Å². The zero-order chi connectivity index (χ0) is 19.7. The maximum atomic E-state index is 13.2. The lowest BCUT2D eigenvalue weighted by atomic mass is 10.1. The molecule has 3 aromatic rings. The average Bonchev–Trinajstić information content (AvgIpc) is 3.31. The lowest BCUT2D eigenvalue weighted by molar-refractivity contribution is -0.128. The van der Waals surface area contributed by atoms with Crippen molar-refractivity contribution in [3.8, 4) is 17.2 Å². The van der Waals surface area contributed by atoms with E-state index in [9.17, 15) is 9.18 Å². The molecule has 1 aliphatic rings. The monoisotopic (exact) mass is 401 g/mol. The van der Waals surface area contributed by atoms with Crippen molar-refractivity contribution < 1.29 is 18.4 Å². The normalized spacial score (nSPS) is 16.6. The van der Waals surface area contributed by atoms with Gasteiger partial charge in [-0.25, -0.2) is 4.39 Å². The number of benzene rings is 2. The van der Waals surface area contributed by atoms with E-state index in [0.717, 1.165) is 5.56 Å². The second-order valence-electron chi connectivity index (χ2n) is 6.60. The van der Waals surface area contributed by atoms with Gasteiger partial charge in [0.15, 0.2) is 5.82 Å². The van der Waals surface area contributed by atoms with Crippen LogP contribution in [0.15, 0.2) is 47.0 Å². The number of carbonyl (C=O) groups excluding carboxylic acids is 1. The van der Waals surface area contributed by atoms with Crippen LogP contribution in [0.25, 0.3) is 11.5 Å². The quantitative estimate of drug-likeness (QED) is 0.645. The Balaban J connectivity index is 1.49. The van der Waals surface area contributed by atoms with Crippen LogP contribution in [0.1, 0.15) is 23.7 Å². The topological polar surface area (TPSA) is 68.5 Å². The van der Waals surface area contributed by atoms with Crippen molar-refractivity contribution in [1.29, 1.82) is 0 Å². The van der Waals surface area contributed by atoms with E-state index in [-0.39, 0.29) is 18.2 Å². The molecule has 28 heavy (non-hydrogen) atoms. The maximum Gasteiger partial charge on any atom is 0.258 e. The Morgan fingerprint density at radius 3 is 2.96 bits per heavy atom. The fourth-order valence-electron chi connectivity index (χ4n) is 3.23. The van der Waals surface area contributed by atoms with Crippen LogP contribution < -0.4 is 4.74 Å². The number of halogens is 2. The second kappa shape index (κ2) is 7.59. The molecule has 1 atom stereocenters. The van der Waals surface area contributed by atoms with Gasteiger partial charge in [-0.3, -0.25) is 4.79 Å². The number of amides is 1. The Morgan fingerprint density at radius 2 is 2.18 bits per heavy atom. The Kier molecular flexibility index (Phi) is 5.00. The molecule has 1 amide bonds. The summed E-state index contributed by atoms with van der Waals surface area (Å²) in [6.07, 6.45) is 0.288. The van der Waals surface area contributed by atoms with Crippen molar-refractivity contribution in [3.63, 3.8) is 0 Å². The van der Waals surface area contributed by atoms with Gasteiger partial charge < -0.3 is 14.2 Å². The van der Waals surface area contributed by atoms with Gasteiger partial charge in [-0.2, -0.15) is 4.98 Å². The highest BCUT2D eigenvalue weighted by molar-refractivity contribution is 6.31. The predicted octanol–water partition coefficient (Wildman–Crippen LogP) is 4.05. The number of hydrogen-bond donors (Lipinski definition) is 0. The minimum Gasteiger partial charge on any atom is -0.497 e. The van der Waals surface area contributed by atoms with Crippen LogP contribution in [0.4, 0.5) is 4.39 Å². The van der Waals surface area contributed by atoms with Gasteiger partial charge >= 0.3 is 0 Å². The van der Waals surface area contributed by atoms with Gasteiger partial charge in [-0.1, -0.05) is 28.9 Å². The number of likely N-dealkylation sites (tertiary alicyclic amines) is 1. The summed E-state index contributed by atoms with van der Waals surface area (Å²) >= 11 is 6.08. The summed E-state index contributed by atoms with van der Waals surface area (Å²) in [5.74, 6) is 0.945. The van der Waals surface area contributed by atoms with Crippen molar-refractivity contribution in [2.24, 2.45) is 0 Å². The van der Waals surface area contributed by atoms with Crippen LogP contribution in [0, 0.1) is 5.82 Å². The lowest BCUT2D eigenvalue weighted by Crippen LogP contribution is -2.24. The highest BCUT2D eigenvalue weighted by atomic mass is 35.5.